The van der Waals surface area contributed by atoms with Crippen molar-refractivity contribution in [1.29, 1.82) is 0 Å². The number of ether oxygens (including phenoxy) is 1. The first kappa shape index (κ1) is 20.9. The molecule has 1 aliphatic rings. The third kappa shape index (κ3) is 7.37. The number of ketones is 1. The van der Waals surface area contributed by atoms with Crippen LogP contribution in [0, 0.1) is 0 Å². The van der Waals surface area contributed by atoms with Crippen LogP contribution in [0.1, 0.15) is 66.9 Å². The third-order valence-corrected chi connectivity index (χ3v) is 4.68. The van der Waals surface area contributed by atoms with Crippen LogP contribution in [0.25, 0.3) is 0 Å². The van der Waals surface area contributed by atoms with E-state index in [4.69, 9.17) is 4.74 Å². The van der Waals surface area contributed by atoms with Crippen LogP contribution in [0.2, 0.25) is 0 Å². The van der Waals surface area contributed by atoms with Gasteiger partial charge in [-0.1, -0.05) is 18.6 Å². The van der Waals surface area contributed by atoms with E-state index in [0.29, 0.717) is 25.1 Å². The Morgan fingerprint density at radius 3 is 2.59 bits per heavy atom. The molecule has 0 bridgehead atoms. The summed E-state index contributed by atoms with van der Waals surface area (Å²) < 4.78 is 4.86. The van der Waals surface area contributed by atoms with Gasteiger partial charge in [-0.3, -0.25) is 14.4 Å². The highest BCUT2D eigenvalue weighted by Gasteiger charge is 2.11. The molecule has 5 heteroatoms. The molecule has 5 nitrogen and oxygen atoms in total. The second-order valence-corrected chi connectivity index (χ2v) is 6.79. The first-order chi connectivity index (χ1) is 13.1. The smallest absolute Gasteiger partial charge is 0.305 e. The molecule has 1 aromatic carbocycles. The molecule has 0 aliphatic heterocycles. The number of carbonyl (C=O) groups excluding carboxylic acids is 3. The lowest BCUT2D eigenvalue weighted by Gasteiger charge is -2.15. The number of aryl methyl sites for hydroxylation is 2. The van der Waals surface area contributed by atoms with Gasteiger partial charge in [-0.15, -0.1) is 0 Å². The number of unbranched alkanes of at least 4 members (excludes halogenated alkanes) is 2. The Hall–Kier alpha value is -2.43. The lowest BCUT2D eigenvalue weighted by atomic mass is 9.90. The van der Waals surface area contributed by atoms with Crippen molar-refractivity contribution in [3.63, 3.8) is 0 Å². The molecule has 0 aromatic heterocycles. The van der Waals surface area contributed by atoms with E-state index >= 15 is 0 Å². The molecule has 0 radical (unpaired) electrons. The largest absolute Gasteiger partial charge is 0.466 e. The highest BCUT2D eigenvalue weighted by atomic mass is 16.5. The van der Waals surface area contributed by atoms with Crippen molar-refractivity contribution >= 4 is 17.7 Å². The molecule has 0 spiro atoms. The second-order valence-electron chi connectivity index (χ2n) is 6.79. The van der Waals surface area contributed by atoms with Gasteiger partial charge in [0.05, 0.1) is 6.61 Å². The van der Waals surface area contributed by atoms with Crippen molar-refractivity contribution in [3.8, 4) is 0 Å². The van der Waals surface area contributed by atoms with E-state index in [0.717, 1.165) is 32.1 Å². The lowest BCUT2D eigenvalue weighted by Crippen LogP contribution is -2.22. The van der Waals surface area contributed by atoms with Crippen molar-refractivity contribution in [1.82, 2.24) is 5.32 Å². The summed E-state index contributed by atoms with van der Waals surface area (Å²) in [5, 5.41) is 2.76. The summed E-state index contributed by atoms with van der Waals surface area (Å²) in [7, 11) is 0. The number of benzene rings is 1. The van der Waals surface area contributed by atoms with Crippen LogP contribution < -0.4 is 5.32 Å². The normalized spacial score (nSPS) is 13.2. The monoisotopic (exact) mass is 371 g/mol. The molecule has 0 saturated carbocycles. The van der Waals surface area contributed by atoms with Gasteiger partial charge in [0.2, 0.25) is 5.91 Å². The molecule has 0 atom stereocenters. The average molecular weight is 371 g/mol. The van der Waals surface area contributed by atoms with Gasteiger partial charge in [0.25, 0.3) is 0 Å². The number of fused-ring (bicyclic) bond motifs is 1. The van der Waals surface area contributed by atoms with Crippen molar-refractivity contribution in [2.45, 2.75) is 58.3 Å². The molecular weight excluding hydrogens is 342 g/mol. The standard InChI is InChI=1S/C22H29NO4/c1-2-27-22(26)10-4-3-7-15-23-21(25)14-13-20(24)19-12-11-17-8-5-6-9-18(17)16-19/h11-14,16H,2-10,15H2,1H3,(H,23,25)/b14-13+. The van der Waals surface area contributed by atoms with Gasteiger partial charge in [-0.05, 0) is 68.7 Å². The van der Waals surface area contributed by atoms with E-state index in [9.17, 15) is 14.4 Å². The second kappa shape index (κ2) is 11.3. The Bertz CT molecular complexity index is 694. The number of carbonyl (C=O) groups is 3. The first-order valence-electron chi connectivity index (χ1n) is 9.88. The molecule has 1 aliphatic carbocycles. The molecule has 0 fully saturated rings. The fraction of sp³-hybridized carbons (Fsp3) is 0.500. The minimum absolute atomic E-state index is 0.145. The van der Waals surface area contributed by atoms with Crippen LogP contribution in [0.3, 0.4) is 0 Å². The third-order valence-electron chi connectivity index (χ3n) is 4.68. The maximum absolute atomic E-state index is 12.3. The van der Waals surface area contributed by atoms with Crippen molar-refractivity contribution in [2.24, 2.45) is 0 Å². The van der Waals surface area contributed by atoms with Crippen LogP contribution >= 0.6 is 0 Å². The maximum Gasteiger partial charge on any atom is 0.305 e. The van der Waals surface area contributed by atoms with Crippen LogP contribution in [0.5, 0.6) is 0 Å². The number of rotatable bonds is 10. The Morgan fingerprint density at radius 2 is 1.81 bits per heavy atom. The highest BCUT2D eigenvalue weighted by Crippen LogP contribution is 2.22. The minimum atomic E-state index is -0.272. The Kier molecular flexibility index (Phi) is 8.75. The fourth-order valence-corrected chi connectivity index (χ4v) is 3.21. The first-order valence-corrected chi connectivity index (χ1v) is 9.88. The summed E-state index contributed by atoms with van der Waals surface area (Å²) >= 11 is 0. The number of esters is 1. The molecule has 0 unspecified atom stereocenters. The quantitative estimate of drug-likeness (QED) is 0.295. The summed E-state index contributed by atoms with van der Waals surface area (Å²) in [6, 6.07) is 5.84. The zero-order valence-corrected chi connectivity index (χ0v) is 16.1. The van der Waals surface area contributed by atoms with E-state index in [1.807, 2.05) is 18.2 Å². The molecule has 0 heterocycles. The van der Waals surface area contributed by atoms with Gasteiger partial charge in [-0.25, -0.2) is 0 Å². The number of nitrogens with one attached hydrogen (secondary N) is 1. The summed E-state index contributed by atoms with van der Waals surface area (Å²) in [5.74, 6) is -0.593. The predicted molar refractivity (Wildman–Crippen MR) is 105 cm³/mol. The summed E-state index contributed by atoms with van der Waals surface area (Å²) in [6.45, 7) is 2.72. The van der Waals surface area contributed by atoms with Gasteiger partial charge in [0.15, 0.2) is 5.78 Å². The molecule has 1 N–H and O–H groups in total. The van der Waals surface area contributed by atoms with Crippen LogP contribution in [0.4, 0.5) is 0 Å². The maximum atomic E-state index is 12.3. The molecule has 1 amide bonds. The minimum Gasteiger partial charge on any atom is -0.466 e. The van der Waals surface area contributed by atoms with E-state index < -0.39 is 0 Å². The Labute approximate surface area is 161 Å². The topological polar surface area (TPSA) is 72.5 Å². The van der Waals surface area contributed by atoms with Gasteiger partial charge in [-0.2, -0.15) is 0 Å². The molecule has 146 valence electrons. The number of hydrogen-bond donors (Lipinski definition) is 1. The SMILES string of the molecule is CCOC(=O)CCCCCNC(=O)/C=C/C(=O)c1ccc2c(c1)CCCC2. The van der Waals surface area contributed by atoms with Gasteiger partial charge >= 0.3 is 5.97 Å². The van der Waals surface area contributed by atoms with Crippen LogP contribution in [-0.2, 0) is 27.2 Å². The van der Waals surface area contributed by atoms with E-state index in [-0.39, 0.29) is 17.7 Å². The number of amides is 1. The van der Waals surface area contributed by atoms with Gasteiger partial charge < -0.3 is 10.1 Å². The summed E-state index contributed by atoms with van der Waals surface area (Å²) in [4.78, 5) is 35.3. The molecular formula is C22H29NO4. The fourth-order valence-electron chi connectivity index (χ4n) is 3.21. The van der Waals surface area contributed by atoms with E-state index in [1.165, 1.54) is 36.1 Å². The molecule has 0 saturated heterocycles. The van der Waals surface area contributed by atoms with E-state index in [2.05, 4.69) is 5.32 Å². The molecule has 2 rings (SSSR count). The predicted octanol–water partition coefficient (Wildman–Crippen LogP) is 3.54. The summed E-state index contributed by atoms with van der Waals surface area (Å²) in [6.07, 6.45) is 9.92. The molecule has 1 aromatic rings. The average Bonchev–Trinajstić information content (AvgIpc) is 2.68. The van der Waals surface area contributed by atoms with Gasteiger partial charge in [0.1, 0.15) is 0 Å². The van der Waals surface area contributed by atoms with Crippen LogP contribution in [-0.4, -0.2) is 30.8 Å². The van der Waals surface area contributed by atoms with Crippen molar-refractivity contribution < 1.29 is 19.1 Å². The Balaban J connectivity index is 1.67. The zero-order chi connectivity index (χ0) is 19.5. The summed E-state index contributed by atoms with van der Waals surface area (Å²) in [5.41, 5.74) is 3.23. The molecule has 27 heavy (non-hydrogen) atoms. The number of hydrogen-bond acceptors (Lipinski definition) is 4. The van der Waals surface area contributed by atoms with Gasteiger partial charge in [0, 0.05) is 24.6 Å². The Morgan fingerprint density at radius 1 is 1.04 bits per heavy atom. The van der Waals surface area contributed by atoms with Crippen molar-refractivity contribution in [3.05, 3.63) is 47.0 Å². The number of allylic oxidation sites excluding steroid dienone is 1. The highest BCUT2D eigenvalue weighted by molar-refractivity contribution is 6.07. The van der Waals surface area contributed by atoms with E-state index in [1.54, 1.807) is 6.92 Å². The van der Waals surface area contributed by atoms with Crippen molar-refractivity contribution in [2.75, 3.05) is 13.2 Å². The van der Waals surface area contributed by atoms with Crippen LogP contribution in [0.15, 0.2) is 30.4 Å². The lowest BCUT2D eigenvalue weighted by molar-refractivity contribution is -0.143. The zero-order valence-electron chi connectivity index (χ0n) is 16.1.